The molecule has 0 unspecified atom stereocenters. The molecule has 2 aromatic rings. The van der Waals surface area contributed by atoms with Gasteiger partial charge in [0.25, 0.3) is 0 Å². The zero-order chi connectivity index (χ0) is 20.7. The van der Waals surface area contributed by atoms with Crippen LogP contribution in [0.15, 0.2) is 58.1 Å². The Labute approximate surface area is 203 Å². The van der Waals surface area contributed by atoms with E-state index in [4.69, 9.17) is 18.9 Å². The fourth-order valence-electron chi connectivity index (χ4n) is 3.42. The van der Waals surface area contributed by atoms with Crippen molar-refractivity contribution in [3.63, 3.8) is 0 Å². The van der Waals surface area contributed by atoms with Crippen molar-refractivity contribution in [3.05, 3.63) is 60.1 Å². The average Bonchev–Trinajstić information content (AvgIpc) is 3.31. The number of hydrogen-bond donors (Lipinski definition) is 2. The van der Waals surface area contributed by atoms with E-state index in [-0.39, 0.29) is 24.0 Å². The van der Waals surface area contributed by atoms with Gasteiger partial charge in [-0.15, -0.1) is 24.0 Å². The van der Waals surface area contributed by atoms with E-state index >= 15 is 0 Å². The van der Waals surface area contributed by atoms with Crippen molar-refractivity contribution in [2.75, 3.05) is 46.1 Å². The standard InChI is InChI=1S/C24H35N3O3.HI/c1-2-6-21(7-3-1)9-14-26-24(27-15-10-23-8-4-17-30-23)25-13-5-16-29-20-22-11-18-28-19-12-22;/h1-4,6-8,17,22H,5,9-16,18-20H2,(H2,25,26,27);1H. The van der Waals surface area contributed by atoms with Gasteiger partial charge >= 0.3 is 0 Å². The van der Waals surface area contributed by atoms with Crippen molar-refractivity contribution in [2.45, 2.75) is 32.1 Å². The molecule has 0 aliphatic carbocycles. The third kappa shape index (κ3) is 11.0. The number of nitrogens with one attached hydrogen (secondary N) is 2. The Hall–Kier alpha value is -1.58. The van der Waals surface area contributed by atoms with Crippen LogP contribution in [0.25, 0.3) is 0 Å². The zero-order valence-electron chi connectivity index (χ0n) is 18.3. The maximum absolute atomic E-state index is 5.85. The molecule has 2 heterocycles. The van der Waals surface area contributed by atoms with E-state index in [0.717, 1.165) is 89.9 Å². The number of guanidine groups is 1. The van der Waals surface area contributed by atoms with Crippen LogP contribution in [0.5, 0.6) is 0 Å². The summed E-state index contributed by atoms with van der Waals surface area (Å²) in [5.41, 5.74) is 1.32. The van der Waals surface area contributed by atoms with E-state index in [1.54, 1.807) is 6.26 Å². The van der Waals surface area contributed by atoms with Gasteiger partial charge in [-0.2, -0.15) is 0 Å². The number of rotatable bonds is 12. The summed E-state index contributed by atoms with van der Waals surface area (Å²) >= 11 is 0. The Balaban J connectivity index is 0.00000341. The molecule has 2 N–H and O–H groups in total. The van der Waals surface area contributed by atoms with Gasteiger partial charge < -0.3 is 24.5 Å². The molecule has 172 valence electrons. The average molecular weight is 541 g/mol. The number of ether oxygens (including phenoxy) is 2. The highest BCUT2D eigenvalue weighted by molar-refractivity contribution is 14.0. The van der Waals surface area contributed by atoms with Gasteiger partial charge in [0.15, 0.2) is 5.96 Å². The van der Waals surface area contributed by atoms with Crippen molar-refractivity contribution in [2.24, 2.45) is 10.9 Å². The van der Waals surface area contributed by atoms with E-state index in [1.807, 2.05) is 18.2 Å². The second-order valence-corrected chi connectivity index (χ2v) is 7.63. The van der Waals surface area contributed by atoms with Gasteiger partial charge in [0.2, 0.25) is 0 Å². The molecule has 1 aliphatic heterocycles. The molecule has 0 atom stereocenters. The normalized spacial score (nSPS) is 14.8. The number of hydrogen-bond acceptors (Lipinski definition) is 4. The van der Waals surface area contributed by atoms with Crippen LogP contribution in [0.4, 0.5) is 0 Å². The molecule has 31 heavy (non-hydrogen) atoms. The molecule has 7 heteroatoms. The summed E-state index contributed by atoms with van der Waals surface area (Å²) in [6.45, 7) is 5.72. The summed E-state index contributed by atoms with van der Waals surface area (Å²) in [6.07, 6.45) is 6.67. The molecular formula is C24H36IN3O3. The third-order valence-corrected chi connectivity index (χ3v) is 5.20. The van der Waals surface area contributed by atoms with Gasteiger partial charge in [-0.05, 0) is 49.3 Å². The van der Waals surface area contributed by atoms with Gasteiger partial charge in [0.05, 0.1) is 6.26 Å². The summed E-state index contributed by atoms with van der Waals surface area (Å²) in [4.78, 5) is 4.72. The number of furan rings is 1. The Morgan fingerprint density at radius 2 is 1.77 bits per heavy atom. The van der Waals surface area contributed by atoms with Crippen LogP contribution in [0.1, 0.15) is 30.6 Å². The lowest BCUT2D eigenvalue weighted by Crippen LogP contribution is -2.39. The zero-order valence-corrected chi connectivity index (χ0v) is 20.6. The van der Waals surface area contributed by atoms with E-state index in [0.29, 0.717) is 5.92 Å². The van der Waals surface area contributed by atoms with Crippen LogP contribution in [0.2, 0.25) is 0 Å². The molecule has 1 aliphatic rings. The van der Waals surface area contributed by atoms with Crippen molar-refractivity contribution in [1.29, 1.82) is 0 Å². The first-order valence-electron chi connectivity index (χ1n) is 11.1. The fourth-order valence-corrected chi connectivity index (χ4v) is 3.42. The van der Waals surface area contributed by atoms with Crippen LogP contribution in [0, 0.1) is 5.92 Å². The summed E-state index contributed by atoms with van der Waals surface area (Å²) in [5.74, 6) is 2.48. The van der Waals surface area contributed by atoms with Crippen LogP contribution in [-0.2, 0) is 22.3 Å². The largest absolute Gasteiger partial charge is 0.469 e. The summed E-state index contributed by atoms with van der Waals surface area (Å²) in [5, 5.41) is 6.86. The second kappa shape index (κ2) is 16.1. The molecule has 0 amide bonds. The fraction of sp³-hybridized carbons (Fsp3) is 0.542. The molecule has 3 rings (SSSR count). The minimum absolute atomic E-state index is 0. The molecule has 0 radical (unpaired) electrons. The minimum atomic E-state index is 0. The van der Waals surface area contributed by atoms with Crippen LogP contribution in [-0.4, -0.2) is 52.0 Å². The highest BCUT2D eigenvalue weighted by Gasteiger charge is 2.13. The Morgan fingerprint density at radius 1 is 1.00 bits per heavy atom. The predicted molar refractivity (Wildman–Crippen MR) is 135 cm³/mol. The second-order valence-electron chi connectivity index (χ2n) is 7.63. The molecule has 1 saturated heterocycles. The molecule has 6 nitrogen and oxygen atoms in total. The minimum Gasteiger partial charge on any atom is -0.469 e. The quantitative estimate of drug-likeness (QED) is 0.184. The molecule has 0 bridgehead atoms. The van der Waals surface area contributed by atoms with Crippen molar-refractivity contribution < 1.29 is 13.9 Å². The van der Waals surface area contributed by atoms with Crippen molar-refractivity contribution >= 4 is 29.9 Å². The van der Waals surface area contributed by atoms with Crippen LogP contribution < -0.4 is 10.6 Å². The number of halogens is 1. The molecule has 1 aromatic carbocycles. The predicted octanol–water partition coefficient (Wildman–Crippen LogP) is 4.05. The molecule has 0 spiro atoms. The highest BCUT2D eigenvalue weighted by atomic mass is 127. The maximum atomic E-state index is 5.85. The first-order chi connectivity index (χ1) is 14.9. The lowest BCUT2D eigenvalue weighted by atomic mass is 10.0. The van der Waals surface area contributed by atoms with E-state index < -0.39 is 0 Å². The van der Waals surface area contributed by atoms with E-state index in [9.17, 15) is 0 Å². The number of aliphatic imine (C=N–C) groups is 1. The molecular weight excluding hydrogens is 505 g/mol. The monoisotopic (exact) mass is 541 g/mol. The third-order valence-electron chi connectivity index (χ3n) is 5.20. The van der Waals surface area contributed by atoms with E-state index in [2.05, 4.69) is 34.9 Å². The molecule has 1 aromatic heterocycles. The van der Waals surface area contributed by atoms with Gasteiger partial charge in [-0.1, -0.05) is 30.3 Å². The lowest BCUT2D eigenvalue weighted by molar-refractivity contribution is 0.0205. The topological polar surface area (TPSA) is 68.0 Å². The van der Waals surface area contributed by atoms with Gasteiger partial charge in [0, 0.05) is 52.5 Å². The summed E-state index contributed by atoms with van der Waals surface area (Å²) < 4.78 is 16.6. The first-order valence-corrected chi connectivity index (χ1v) is 11.1. The summed E-state index contributed by atoms with van der Waals surface area (Å²) in [6, 6.07) is 14.4. The molecule has 0 saturated carbocycles. The molecule has 1 fully saturated rings. The van der Waals surface area contributed by atoms with Crippen molar-refractivity contribution in [3.8, 4) is 0 Å². The number of benzene rings is 1. The Kier molecular flexibility index (Phi) is 13.3. The maximum Gasteiger partial charge on any atom is 0.191 e. The Morgan fingerprint density at radius 3 is 2.52 bits per heavy atom. The lowest BCUT2D eigenvalue weighted by Gasteiger charge is -2.21. The van der Waals surface area contributed by atoms with Gasteiger partial charge in [-0.3, -0.25) is 4.99 Å². The Bertz CT molecular complexity index is 704. The van der Waals surface area contributed by atoms with Crippen LogP contribution >= 0.6 is 24.0 Å². The van der Waals surface area contributed by atoms with Gasteiger partial charge in [-0.25, -0.2) is 0 Å². The number of nitrogens with zero attached hydrogens (tertiary/aromatic N) is 1. The smallest absolute Gasteiger partial charge is 0.191 e. The first kappa shape index (κ1) is 25.7. The van der Waals surface area contributed by atoms with Gasteiger partial charge in [0.1, 0.15) is 5.76 Å². The highest BCUT2D eigenvalue weighted by Crippen LogP contribution is 2.14. The summed E-state index contributed by atoms with van der Waals surface area (Å²) in [7, 11) is 0. The van der Waals surface area contributed by atoms with Crippen LogP contribution in [0.3, 0.4) is 0 Å². The van der Waals surface area contributed by atoms with Crippen molar-refractivity contribution in [1.82, 2.24) is 10.6 Å². The van der Waals surface area contributed by atoms with E-state index in [1.165, 1.54) is 5.56 Å². The SMILES string of the molecule is I.c1ccc(CCNC(=NCCCOCC2CCOCC2)NCCc2ccco2)cc1.